The van der Waals surface area contributed by atoms with Crippen molar-refractivity contribution in [2.24, 2.45) is 29.6 Å². The molecule has 0 spiro atoms. The Labute approximate surface area is 278 Å². The summed E-state index contributed by atoms with van der Waals surface area (Å²) in [7, 11) is 0. The third-order valence-corrected chi connectivity index (χ3v) is 11.3. The average molecular weight is 637 g/mol. The van der Waals surface area contributed by atoms with Gasteiger partial charge in [0.15, 0.2) is 12.6 Å². The molecule has 1 aromatic rings. The van der Waals surface area contributed by atoms with E-state index in [9.17, 15) is 5.11 Å². The molecule has 0 radical (unpaired) electrons. The van der Waals surface area contributed by atoms with Gasteiger partial charge in [-0.2, -0.15) is 0 Å². The van der Waals surface area contributed by atoms with Gasteiger partial charge in [-0.05, 0) is 93.6 Å². The second-order valence-electron chi connectivity index (χ2n) is 14.7. The van der Waals surface area contributed by atoms with Crippen molar-refractivity contribution in [3.63, 3.8) is 0 Å². The lowest BCUT2D eigenvalue weighted by Crippen LogP contribution is -2.34. The number of rotatable bonds is 16. The SMILES string of the molecule is OCC(CCCCOCc1ccccc1)C1=CC2C(C1)C[C@@H](OC1CCCCO1)[C@@H]2C(=CCC1CCCCC1)OC1CCCCO1. The summed E-state index contributed by atoms with van der Waals surface area (Å²) >= 11 is 0. The van der Waals surface area contributed by atoms with Crippen LogP contribution in [-0.2, 0) is 30.3 Å². The quantitative estimate of drug-likeness (QED) is 0.111. The van der Waals surface area contributed by atoms with Crippen molar-refractivity contribution in [3.8, 4) is 0 Å². The highest BCUT2D eigenvalue weighted by molar-refractivity contribution is 5.25. The van der Waals surface area contributed by atoms with E-state index >= 15 is 0 Å². The van der Waals surface area contributed by atoms with Crippen LogP contribution in [0.4, 0.5) is 0 Å². The number of unbranched alkanes of at least 4 members (excludes halogenated alkanes) is 1. The number of hydrogen-bond donors (Lipinski definition) is 1. The molecule has 2 heterocycles. The summed E-state index contributed by atoms with van der Waals surface area (Å²) in [6.45, 7) is 3.22. The third kappa shape index (κ3) is 9.69. The van der Waals surface area contributed by atoms with Crippen molar-refractivity contribution in [2.75, 3.05) is 26.4 Å². The molecular formula is C40H60O6. The van der Waals surface area contributed by atoms with E-state index in [0.29, 0.717) is 18.4 Å². The molecule has 2 saturated carbocycles. The van der Waals surface area contributed by atoms with Gasteiger partial charge in [-0.1, -0.05) is 80.5 Å². The van der Waals surface area contributed by atoms with Crippen molar-refractivity contribution in [2.45, 2.75) is 134 Å². The normalized spacial score (nSPS) is 31.4. The van der Waals surface area contributed by atoms with Crippen LogP contribution in [0.3, 0.4) is 0 Å². The molecular weight excluding hydrogens is 576 g/mol. The number of ether oxygens (including phenoxy) is 5. The number of hydrogen-bond acceptors (Lipinski definition) is 6. The van der Waals surface area contributed by atoms with Gasteiger partial charge < -0.3 is 28.8 Å². The van der Waals surface area contributed by atoms with E-state index in [4.69, 9.17) is 23.7 Å². The molecule has 6 rings (SSSR count). The van der Waals surface area contributed by atoms with Crippen molar-refractivity contribution < 1.29 is 28.8 Å². The van der Waals surface area contributed by atoms with Crippen LogP contribution in [0.5, 0.6) is 0 Å². The highest BCUT2D eigenvalue weighted by Crippen LogP contribution is 2.53. The molecule has 0 bridgehead atoms. The second kappa shape index (κ2) is 18.2. The van der Waals surface area contributed by atoms with Crippen LogP contribution in [-0.4, -0.2) is 50.2 Å². The molecule has 5 aliphatic rings. The Balaban J connectivity index is 1.13. The molecule has 5 unspecified atom stereocenters. The monoisotopic (exact) mass is 636 g/mol. The topological polar surface area (TPSA) is 66.4 Å². The van der Waals surface area contributed by atoms with Crippen LogP contribution in [0.2, 0.25) is 0 Å². The number of aliphatic hydroxyl groups is 1. The average Bonchev–Trinajstić information content (AvgIpc) is 3.66. The van der Waals surface area contributed by atoms with E-state index in [-0.39, 0.29) is 37.1 Å². The van der Waals surface area contributed by atoms with Crippen LogP contribution >= 0.6 is 0 Å². The summed E-state index contributed by atoms with van der Waals surface area (Å²) < 4.78 is 31.9. The molecule has 256 valence electrons. The van der Waals surface area contributed by atoms with Gasteiger partial charge in [0.25, 0.3) is 0 Å². The Hall–Kier alpha value is -1.70. The van der Waals surface area contributed by atoms with Crippen molar-refractivity contribution in [3.05, 3.63) is 59.4 Å². The maximum Gasteiger partial charge on any atom is 0.199 e. The molecule has 0 aromatic heterocycles. The van der Waals surface area contributed by atoms with Crippen LogP contribution in [0.1, 0.15) is 115 Å². The minimum absolute atomic E-state index is 0.0893. The number of aliphatic hydroxyl groups excluding tert-OH is 1. The Morgan fingerprint density at radius 3 is 2.39 bits per heavy atom. The Morgan fingerprint density at radius 1 is 0.891 bits per heavy atom. The minimum Gasteiger partial charge on any atom is -0.469 e. The summed E-state index contributed by atoms with van der Waals surface area (Å²) in [5, 5.41) is 10.5. The van der Waals surface area contributed by atoms with E-state index in [1.54, 1.807) is 0 Å². The van der Waals surface area contributed by atoms with E-state index in [1.165, 1.54) is 49.7 Å². The molecule has 46 heavy (non-hydrogen) atoms. The highest BCUT2D eigenvalue weighted by Gasteiger charge is 2.50. The summed E-state index contributed by atoms with van der Waals surface area (Å²) in [6, 6.07) is 10.4. The Morgan fingerprint density at radius 2 is 1.65 bits per heavy atom. The molecule has 1 N–H and O–H groups in total. The predicted molar refractivity (Wildman–Crippen MR) is 181 cm³/mol. The van der Waals surface area contributed by atoms with Gasteiger partial charge in [0, 0.05) is 38.1 Å². The fraction of sp³-hybridized carbons (Fsp3) is 0.750. The van der Waals surface area contributed by atoms with E-state index in [2.05, 4.69) is 36.4 Å². The smallest absolute Gasteiger partial charge is 0.199 e. The summed E-state index contributed by atoms with van der Waals surface area (Å²) in [5.74, 6) is 3.15. The van der Waals surface area contributed by atoms with Crippen LogP contribution in [0.25, 0.3) is 0 Å². The van der Waals surface area contributed by atoms with Gasteiger partial charge >= 0.3 is 0 Å². The predicted octanol–water partition coefficient (Wildman–Crippen LogP) is 8.87. The zero-order chi connectivity index (χ0) is 31.4. The Bertz CT molecular complexity index is 1070. The van der Waals surface area contributed by atoms with Gasteiger partial charge in [0.2, 0.25) is 0 Å². The molecule has 2 aliphatic heterocycles. The van der Waals surface area contributed by atoms with Crippen LogP contribution in [0, 0.1) is 29.6 Å². The lowest BCUT2D eigenvalue weighted by molar-refractivity contribution is -0.200. The molecule has 7 atom stereocenters. The largest absolute Gasteiger partial charge is 0.469 e. The fourth-order valence-electron chi connectivity index (χ4n) is 8.73. The maximum atomic E-state index is 10.5. The van der Waals surface area contributed by atoms with Crippen LogP contribution < -0.4 is 0 Å². The van der Waals surface area contributed by atoms with Gasteiger partial charge in [-0.3, -0.25) is 0 Å². The lowest BCUT2D eigenvalue weighted by atomic mass is 9.85. The van der Waals surface area contributed by atoms with E-state index in [0.717, 1.165) is 102 Å². The zero-order valence-electron chi connectivity index (χ0n) is 28.2. The zero-order valence-corrected chi connectivity index (χ0v) is 28.2. The van der Waals surface area contributed by atoms with Gasteiger partial charge in [0.1, 0.15) is 5.76 Å². The maximum absolute atomic E-state index is 10.5. The summed E-state index contributed by atoms with van der Waals surface area (Å²) in [6.07, 6.45) is 24.3. The standard InChI is InChI=1S/C40H60O6/c41-28-32(17-7-10-22-42-29-31-15-5-2-6-16-31)33-25-34-27-37(46-39-19-9-12-24-44-39)40(35(34)26-33)36(45-38-18-8-11-23-43-38)21-20-30-13-3-1-4-14-30/h2,5-6,15-16,21,26,30,32,34-35,37-41H,1,3-4,7-14,17-20,22-25,27-29H2/t32?,34?,35?,37-,38?,39?,40+/m1/s1. The highest BCUT2D eigenvalue weighted by atomic mass is 16.7. The number of benzene rings is 1. The van der Waals surface area contributed by atoms with Gasteiger partial charge in [0.05, 0.1) is 19.3 Å². The van der Waals surface area contributed by atoms with Crippen molar-refractivity contribution in [1.29, 1.82) is 0 Å². The molecule has 6 nitrogen and oxygen atoms in total. The third-order valence-electron chi connectivity index (χ3n) is 11.3. The first kappa shape index (κ1) is 34.2. The summed E-state index contributed by atoms with van der Waals surface area (Å²) in [4.78, 5) is 0. The Kier molecular flexibility index (Phi) is 13.5. The number of fused-ring (bicyclic) bond motifs is 1. The van der Waals surface area contributed by atoms with E-state index < -0.39 is 0 Å². The first-order chi connectivity index (χ1) is 22.8. The van der Waals surface area contributed by atoms with Gasteiger partial charge in [-0.25, -0.2) is 0 Å². The first-order valence-corrected chi connectivity index (χ1v) is 19.0. The molecule has 0 amide bonds. The van der Waals surface area contributed by atoms with Gasteiger partial charge in [-0.15, -0.1) is 0 Å². The minimum atomic E-state index is -0.156. The summed E-state index contributed by atoms with van der Waals surface area (Å²) in [5.41, 5.74) is 2.66. The lowest BCUT2D eigenvalue weighted by Gasteiger charge is -2.34. The molecule has 3 aliphatic carbocycles. The van der Waals surface area contributed by atoms with E-state index in [1.807, 2.05) is 6.07 Å². The molecule has 2 saturated heterocycles. The molecule has 4 fully saturated rings. The van der Waals surface area contributed by atoms with Crippen molar-refractivity contribution in [1.82, 2.24) is 0 Å². The van der Waals surface area contributed by atoms with Crippen molar-refractivity contribution >= 4 is 0 Å². The first-order valence-electron chi connectivity index (χ1n) is 19.0. The molecule has 1 aromatic carbocycles. The molecule has 6 heteroatoms. The second-order valence-corrected chi connectivity index (χ2v) is 14.7. The number of allylic oxidation sites excluding steroid dienone is 2. The fourth-order valence-corrected chi connectivity index (χ4v) is 8.73. The van der Waals surface area contributed by atoms with Crippen LogP contribution in [0.15, 0.2) is 53.8 Å².